The molecule has 4 amide bonds. The zero-order valence-electron chi connectivity index (χ0n) is 21.4. The molecule has 12 nitrogen and oxygen atoms in total. The molecule has 2 N–H and O–H groups in total. The first kappa shape index (κ1) is 28.9. The SMILES string of the molecule is COCC(=O)N1CC(NC(=O)C(=O)c2ccccc2)C(=O)N(CC(=O)NC(C=O)CC(C)=O)c2ccccc21. The molecule has 2 aromatic rings. The molecule has 1 aliphatic heterocycles. The standard InChI is InChI=1S/C27H28N4O8/c1-17(33)12-19(15-32)28-23(34)14-31-22-11-7-6-10-21(22)30(24(35)16-39-2)13-20(27(31)38)29-26(37)25(36)18-8-4-3-5-9-18/h3-11,15,19-20H,12-14,16H2,1-2H3,(H,28,34)(H,29,37). The first-order chi connectivity index (χ1) is 18.7. The van der Waals surface area contributed by atoms with Crippen LogP contribution in [0.4, 0.5) is 11.4 Å². The van der Waals surface area contributed by atoms with Gasteiger partial charge >= 0.3 is 0 Å². The summed E-state index contributed by atoms with van der Waals surface area (Å²) in [6.07, 6.45) is 0.195. The zero-order chi connectivity index (χ0) is 28.5. The lowest BCUT2D eigenvalue weighted by Crippen LogP contribution is -2.56. The van der Waals surface area contributed by atoms with Gasteiger partial charge in [0.15, 0.2) is 0 Å². The van der Waals surface area contributed by atoms with Gasteiger partial charge in [0.1, 0.15) is 31.3 Å². The van der Waals surface area contributed by atoms with E-state index in [4.69, 9.17) is 4.74 Å². The predicted molar refractivity (Wildman–Crippen MR) is 139 cm³/mol. The molecule has 1 aliphatic rings. The molecule has 2 aromatic carbocycles. The van der Waals surface area contributed by atoms with Crippen molar-refractivity contribution in [3.63, 3.8) is 0 Å². The second-order valence-electron chi connectivity index (χ2n) is 8.79. The minimum absolute atomic E-state index is 0.105. The van der Waals surface area contributed by atoms with Crippen molar-refractivity contribution in [2.24, 2.45) is 0 Å². The average molecular weight is 537 g/mol. The van der Waals surface area contributed by atoms with E-state index in [-0.39, 0.29) is 42.3 Å². The molecule has 204 valence electrons. The van der Waals surface area contributed by atoms with Crippen LogP contribution < -0.4 is 20.4 Å². The zero-order valence-corrected chi connectivity index (χ0v) is 21.4. The second-order valence-corrected chi connectivity index (χ2v) is 8.79. The maximum absolute atomic E-state index is 13.7. The van der Waals surface area contributed by atoms with Crippen molar-refractivity contribution in [3.05, 3.63) is 60.2 Å². The fourth-order valence-corrected chi connectivity index (χ4v) is 4.08. The van der Waals surface area contributed by atoms with Crippen LogP contribution in [0.25, 0.3) is 0 Å². The monoisotopic (exact) mass is 536 g/mol. The maximum Gasteiger partial charge on any atom is 0.293 e. The number of benzene rings is 2. The molecule has 1 heterocycles. The lowest BCUT2D eigenvalue weighted by atomic mass is 10.1. The van der Waals surface area contributed by atoms with Gasteiger partial charge in [-0.25, -0.2) is 0 Å². The fraction of sp³-hybridized carbons (Fsp3) is 0.296. The number of carbonyl (C=O) groups excluding carboxylic acids is 7. The third-order valence-electron chi connectivity index (χ3n) is 5.83. The van der Waals surface area contributed by atoms with Crippen LogP contribution in [-0.4, -0.2) is 80.4 Å². The summed E-state index contributed by atoms with van der Waals surface area (Å²) in [4.78, 5) is 90.1. The van der Waals surface area contributed by atoms with Gasteiger partial charge in [0.25, 0.3) is 17.7 Å². The van der Waals surface area contributed by atoms with Gasteiger partial charge in [-0.3, -0.25) is 33.7 Å². The Labute approximate surface area is 224 Å². The quantitative estimate of drug-likeness (QED) is 0.231. The van der Waals surface area contributed by atoms with Crippen molar-refractivity contribution < 1.29 is 38.3 Å². The van der Waals surface area contributed by atoms with Gasteiger partial charge in [-0.1, -0.05) is 42.5 Å². The molecule has 0 aliphatic carbocycles. The Bertz CT molecular complexity index is 1280. The molecular weight excluding hydrogens is 508 g/mol. The predicted octanol–water partition coefficient (Wildman–Crippen LogP) is 0.0431. The summed E-state index contributed by atoms with van der Waals surface area (Å²) in [5.41, 5.74) is 0.554. The summed E-state index contributed by atoms with van der Waals surface area (Å²) < 4.78 is 4.98. The summed E-state index contributed by atoms with van der Waals surface area (Å²) in [6.45, 7) is 0.000209. The molecule has 0 spiro atoms. The molecule has 39 heavy (non-hydrogen) atoms. The van der Waals surface area contributed by atoms with E-state index in [1.807, 2.05) is 0 Å². The number of methoxy groups -OCH3 is 1. The highest BCUT2D eigenvalue weighted by molar-refractivity contribution is 6.43. The van der Waals surface area contributed by atoms with E-state index in [1.165, 1.54) is 37.1 Å². The average Bonchev–Trinajstić information content (AvgIpc) is 3.03. The van der Waals surface area contributed by atoms with E-state index in [9.17, 15) is 33.6 Å². The van der Waals surface area contributed by atoms with Crippen LogP contribution in [0.1, 0.15) is 23.7 Å². The van der Waals surface area contributed by atoms with E-state index >= 15 is 0 Å². The molecule has 0 bridgehead atoms. The van der Waals surface area contributed by atoms with Crippen molar-refractivity contribution in [2.75, 3.05) is 36.6 Å². The first-order valence-electron chi connectivity index (χ1n) is 12.0. The Morgan fingerprint density at radius 1 is 1.03 bits per heavy atom. The van der Waals surface area contributed by atoms with Crippen molar-refractivity contribution >= 4 is 52.9 Å². The van der Waals surface area contributed by atoms with E-state index in [1.54, 1.807) is 36.4 Å². The van der Waals surface area contributed by atoms with Crippen molar-refractivity contribution in [1.82, 2.24) is 10.6 Å². The Morgan fingerprint density at radius 2 is 1.67 bits per heavy atom. The summed E-state index contributed by atoms with van der Waals surface area (Å²) in [7, 11) is 1.33. The summed E-state index contributed by atoms with van der Waals surface area (Å²) in [5, 5.41) is 4.81. The number of nitrogens with zero attached hydrogens (tertiary/aromatic N) is 2. The van der Waals surface area contributed by atoms with Gasteiger partial charge in [-0.2, -0.15) is 0 Å². The van der Waals surface area contributed by atoms with Crippen LogP contribution in [0, 0.1) is 0 Å². The lowest BCUT2D eigenvalue weighted by Gasteiger charge is -2.25. The largest absolute Gasteiger partial charge is 0.375 e. The third-order valence-corrected chi connectivity index (χ3v) is 5.83. The minimum Gasteiger partial charge on any atom is -0.375 e. The fourth-order valence-electron chi connectivity index (χ4n) is 4.08. The first-order valence-corrected chi connectivity index (χ1v) is 12.0. The number of hydrogen-bond acceptors (Lipinski definition) is 8. The highest BCUT2D eigenvalue weighted by Crippen LogP contribution is 2.33. The Morgan fingerprint density at radius 3 is 2.28 bits per heavy atom. The number of anilines is 2. The van der Waals surface area contributed by atoms with Gasteiger partial charge in [0.2, 0.25) is 11.7 Å². The number of Topliss-reactive ketones (excluding diaryl/α,β-unsaturated/α-hetero) is 2. The van der Waals surface area contributed by atoms with Crippen LogP contribution in [-0.2, 0) is 33.5 Å². The smallest absolute Gasteiger partial charge is 0.293 e. The lowest BCUT2D eigenvalue weighted by molar-refractivity contribution is -0.128. The molecule has 0 saturated heterocycles. The van der Waals surface area contributed by atoms with Crippen molar-refractivity contribution in [1.29, 1.82) is 0 Å². The Balaban J connectivity index is 1.96. The number of nitrogens with one attached hydrogen (secondary N) is 2. The van der Waals surface area contributed by atoms with Crippen LogP contribution in [0.2, 0.25) is 0 Å². The molecule has 12 heteroatoms. The number of hydrogen-bond donors (Lipinski definition) is 2. The van der Waals surface area contributed by atoms with Gasteiger partial charge in [-0.15, -0.1) is 0 Å². The van der Waals surface area contributed by atoms with Crippen LogP contribution >= 0.6 is 0 Å². The van der Waals surface area contributed by atoms with Gasteiger partial charge < -0.3 is 25.1 Å². The number of fused-ring (bicyclic) bond motifs is 1. The number of carbonyl (C=O) groups is 7. The highest BCUT2D eigenvalue weighted by atomic mass is 16.5. The molecule has 3 rings (SSSR count). The number of ketones is 2. The molecule has 2 atom stereocenters. The molecule has 0 saturated carbocycles. The number of para-hydroxylation sites is 2. The highest BCUT2D eigenvalue weighted by Gasteiger charge is 2.38. The van der Waals surface area contributed by atoms with Crippen molar-refractivity contribution in [3.8, 4) is 0 Å². The van der Waals surface area contributed by atoms with E-state index < -0.39 is 48.0 Å². The number of rotatable bonds is 11. The van der Waals surface area contributed by atoms with Crippen molar-refractivity contribution in [2.45, 2.75) is 25.4 Å². The Kier molecular flexibility index (Phi) is 9.76. The van der Waals surface area contributed by atoms with E-state index in [0.29, 0.717) is 6.29 Å². The summed E-state index contributed by atoms with van der Waals surface area (Å²) in [5.74, 6) is -4.33. The topological polar surface area (TPSA) is 159 Å². The normalized spacial score (nSPS) is 15.4. The molecule has 0 radical (unpaired) electrons. The van der Waals surface area contributed by atoms with Gasteiger partial charge in [0.05, 0.1) is 24.0 Å². The molecular formula is C27H28N4O8. The van der Waals surface area contributed by atoms with Crippen LogP contribution in [0.15, 0.2) is 54.6 Å². The molecule has 0 aromatic heterocycles. The van der Waals surface area contributed by atoms with Gasteiger partial charge in [0, 0.05) is 19.1 Å². The summed E-state index contributed by atoms with van der Waals surface area (Å²) >= 11 is 0. The number of ether oxygens (including phenoxy) is 1. The molecule has 2 unspecified atom stereocenters. The number of aldehydes is 1. The van der Waals surface area contributed by atoms with E-state index in [0.717, 1.165) is 4.90 Å². The van der Waals surface area contributed by atoms with Crippen LogP contribution in [0.5, 0.6) is 0 Å². The third kappa shape index (κ3) is 7.20. The number of amides is 4. The van der Waals surface area contributed by atoms with Gasteiger partial charge in [-0.05, 0) is 19.1 Å². The van der Waals surface area contributed by atoms with Crippen LogP contribution in [0.3, 0.4) is 0 Å². The summed E-state index contributed by atoms with van der Waals surface area (Å²) in [6, 6.07) is 11.5. The maximum atomic E-state index is 13.7. The second kappa shape index (κ2) is 13.2. The minimum atomic E-state index is -1.41. The van der Waals surface area contributed by atoms with E-state index in [2.05, 4.69) is 10.6 Å². The molecule has 0 fully saturated rings. The Hall–Kier alpha value is -4.71.